The van der Waals surface area contributed by atoms with Crippen LogP contribution in [-0.4, -0.2) is 54.7 Å². The minimum Gasteiger partial charge on any atom is -0.388 e. The van der Waals surface area contributed by atoms with E-state index < -0.39 is 0 Å². The normalized spacial score (nSPS) is 14.9. The summed E-state index contributed by atoms with van der Waals surface area (Å²) in [6.45, 7) is 5.61. The molecule has 3 rings (SSSR count). The third-order valence-electron chi connectivity index (χ3n) is 4.85. The molecule has 1 aliphatic rings. The number of ketones is 1. The average Bonchev–Trinajstić information content (AvgIpc) is 2.68. The Balaban J connectivity index is 1.53. The highest BCUT2D eigenvalue weighted by molar-refractivity contribution is 5.95. The number of hydrogen-bond donors (Lipinski definition) is 1. The van der Waals surface area contributed by atoms with E-state index in [2.05, 4.69) is 10.2 Å². The van der Waals surface area contributed by atoms with E-state index in [1.807, 2.05) is 60.5 Å². The third kappa shape index (κ3) is 4.29. The van der Waals surface area contributed by atoms with E-state index in [4.69, 9.17) is 0 Å². The number of rotatable bonds is 5. The van der Waals surface area contributed by atoms with E-state index in [0.29, 0.717) is 0 Å². The number of carbonyl (C=O) groups is 2. The van der Waals surface area contributed by atoms with E-state index in [1.54, 1.807) is 6.92 Å². The predicted octanol–water partition coefficient (Wildman–Crippen LogP) is 2.89. The molecule has 0 atom stereocenters. The lowest BCUT2D eigenvalue weighted by Crippen LogP contribution is -2.48. The number of Topliss-reactive ketones (excluding diaryl/α,β-unsaturated/α-hetero) is 1. The summed E-state index contributed by atoms with van der Waals surface area (Å²) in [4.78, 5) is 28.2. The Morgan fingerprint density at radius 1 is 0.885 bits per heavy atom. The van der Waals surface area contributed by atoms with Crippen LogP contribution in [0.2, 0.25) is 0 Å². The zero-order valence-corrected chi connectivity index (χ0v) is 15.4. The zero-order valence-electron chi connectivity index (χ0n) is 15.4. The number of carbonyl (C=O) groups excluding carboxylic acids is 2. The molecule has 136 valence electrons. The zero-order chi connectivity index (χ0) is 18.5. The summed E-state index contributed by atoms with van der Waals surface area (Å²) in [6, 6.07) is 15.4. The summed E-state index contributed by atoms with van der Waals surface area (Å²) in [6.07, 6.45) is 0. The fraction of sp³-hybridized carbons (Fsp3) is 0.333. The Bertz CT molecular complexity index is 761. The molecule has 1 aliphatic heterocycles. The molecule has 0 unspecified atom stereocenters. The van der Waals surface area contributed by atoms with Crippen molar-refractivity contribution in [3.63, 3.8) is 0 Å². The molecule has 0 aromatic heterocycles. The summed E-state index contributed by atoms with van der Waals surface area (Å²) in [5.41, 5.74) is 3.67. The van der Waals surface area contributed by atoms with Crippen molar-refractivity contribution >= 4 is 17.4 Å². The van der Waals surface area contributed by atoms with Crippen LogP contribution in [0.25, 0.3) is 0 Å². The minimum absolute atomic E-state index is 0.0893. The molecule has 0 saturated carbocycles. The van der Waals surface area contributed by atoms with Gasteiger partial charge in [-0.2, -0.15) is 0 Å². The van der Waals surface area contributed by atoms with Crippen LogP contribution in [0.3, 0.4) is 0 Å². The van der Waals surface area contributed by atoms with Gasteiger partial charge in [-0.1, -0.05) is 24.3 Å². The Hall–Kier alpha value is -2.66. The molecular formula is C21H25N3O2. The van der Waals surface area contributed by atoms with Gasteiger partial charge >= 0.3 is 0 Å². The Morgan fingerprint density at radius 3 is 2.00 bits per heavy atom. The highest BCUT2D eigenvalue weighted by Crippen LogP contribution is 2.14. The van der Waals surface area contributed by atoms with Crippen molar-refractivity contribution < 1.29 is 9.59 Å². The van der Waals surface area contributed by atoms with Crippen LogP contribution in [0.1, 0.15) is 33.2 Å². The van der Waals surface area contributed by atoms with Gasteiger partial charge in [0.2, 0.25) is 0 Å². The van der Waals surface area contributed by atoms with Crippen molar-refractivity contribution in [2.24, 2.45) is 0 Å². The smallest absolute Gasteiger partial charge is 0.253 e. The summed E-state index contributed by atoms with van der Waals surface area (Å²) in [7, 11) is 1.86. The van der Waals surface area contributed by atoms with Crippen LogP contribution in [0.5, 0.6) is 0 Å². The van der Waals surface area contributed by atoms with Crippen molar-refractivity contribution in [2.45, 2.75) is 13.5 Å². The number of piperazine rings is 1. The lowest BCUT2D eigenvalue weighted by molar-refractivity contribution is 0.0628. The molecule has 2 aromatic rings. The Labute approximate surface area is 154 Å². The summed E-state index contributed by atoms with van der Waals surface area (Å²) in [5.74, 6) is 0.185. The molecule has 0 aliphatic carbocycles. The molecule has 1 N–H and O–H groups in total. The first-order valence-corrected chi connectivity index (χ1v) is 8.96. The van der Waals surface area contributed by atoms with Crippen molar-refractivity contribution in [1.29, 1.82) is 0 Å². The fourth-order valence-corrected chi connectivity index (χ4v) is 3.17. The highest BCUT2D eigenvalue weighted by atomic mass is 16.2. The maximum atomic E-state index is 12.6. The molecule has 2 aromatic carbocycles. The predicted molar refractivity (Wildman–Crippen MR) is 104 cm³/mol. The fourth-order valence-electron chi connectivity index (χ4n) is 3.17. The number of benzene rings is 2. The van der Waals surface area contributed by atoms with Crippen LogP contribution in [0.15, 0.2) is 48.5 Å². The first kappa shape index (κ1) is 18.1. The molecule has 0 bridgehead atoms. The summed E-state index contributed by atoms with van der Waals surface area (Å²) in [5, 5.41) is 3.06. The topological polar surface area (TPSA) is 52.7 Å². The van der Waals surface area contributed by atoms with Crippen LogP contribution < -0.4 is 5.32 Å². The van der Waals surface area contributed by atoms with Gasteiger partial charge in [-0.05, 0) is 36.8 Å². The molecule has 1 amide bonds. The number of hydrogen-bond acceptors (Lipinski definition) is 4. The van der Waals surface area contributed by atoms with Gasteiger partial charge in [0.25, 0.3) is 5.91 Å². The van der Waals surface area contributed by atoms with Gasteiger partial charge in [0.1, 0.15) is 0 Å². The van der Waals surface area contributed by atoms with Gasteiger partial charge in [-0.25, -0.2) is 0 Å². The van der Waals surface area contributed by atoms with E-state index >= 15 is 0 Å². The van der Waals surface area contributed by atoms with E-state index in [9.17, 15) is 9.59 Å². The summed E-state index contributed by atoms with van der Waals surface area (Å²) >= 11 is 0. The average molecular weight is 351 g/mol. The van der Waals surface area contributed by atoms with Gasteiger partial charge in [0.15, 0.2) is 5.78 Å². The standard InChI is InChI=1S/C21H25N3O2/c1-16(25)18-5-3-17(4-6-18)15-23-11-13-24(14-12-23)21(26)19-7-9-20(22-2)10-8-19/h3-10,22H,11-15H2,1-2H3. The molecular weight excluding hydrogens is 326 g/mol. The molecule has 1 fully saturated rings. The van der Waals surface area contributed by atoms with Crippen molar-refractivity contribution in [3.05, 3.63) is 65.2 Å². The molecule has 1 saturated heterocycles. The quantitative estimate of drug-likeness (QED) is 0.842. The molecule has 5 heteroatoms. The molecule has 1 heterocycles. The monoisotopic (exact) mass is 351 g/mol. The van der Waals surface area contributed by atoms with Crippen molar-refractivity contribution in [3.8, 4) is 0 Å². The van der Waals surface area contributed by atoms with Gasteiger partial charge in [-0.15, -0.1) is 0 Å². The SMILES string of the molecule is CNc1ccc(C(=O)N2CCN(Cc3ccc(C(C)=O)cc3)CC2)cc1. The largest absolute Gasteiger partial charge is 0.388 e. The molecule has 5 nitrogen and oxygen atoms in total. The number of nitrogens with zero attached hydrogens (tertiary/aromatic N) is 2. The van der Waals surface area contributed by atoms with Gasteiger partial charge < -0.3 is 10.2 Å². The lowest BCUT2D eigenvalue weighted by Gasteiger charge is -2.34. The van der Waals surface area contributed by atoms with Crippen molar-refractivity contribution in [1.82, 2.24) is 9.80 Å². The second-order valence-electron chi connectivity index (χ2n) is 6.65. The van der Waals surface area contributed by atoms with E-state index in [0.717, 1.165) is 49.5 Å². The lowest BCUT2D eigenvalue weighted by atomic mass is 10.1. The Kier molecular flexibility index (Phi) is 5.68. The van der Waals surface area contributed by atoms with Crippen molar-refractivity contribution in [2.75, 3.05) is 38.5 Å². The van der Waals surface area contributed by atoms with E-state index in [1.165, 1.54) is 5.56 Å². The van der Waals surface area contributed by atoms with Crippen LogP contribution in [-0.2, 0) is 6.54 Å². The van der Waals surface area contributed by atoms with Crippen LogP contribution in [0.4, 0.5) is 5.69 Å². The maximum Gasteiger partial charge on any atom is 0.253 e. The second kappa shape index (κ2) is 8.15. The first-order chi connectivity index (χ1) is 12.6. The first-order valence-electron chi connectivity index (χ1n) is 8.96. The van der Waals surface area contributed by atoms with E-state index in [-0.39, 0.29) is 11.7 Å². The van der Waals surface area contributed by atoms with Crippen LogP contribution in [0, 0.1) is 0 Å². The van der Waals surface area contributed by atoms with Gasteiger partial charge in [0.05, 0.1) is 0 Å². The second-order valence-corrected chi connectivity index (χ2v) is 6.65. The number of anilines is 1. The number of nitrogens with one attached hydrogen (secondary N) is 1. The molecule has 26 heavy (non-hydrogen) atoms. The number of amides is 1. The highest BCUT2D eigenvalue weighted by Gasteiger charge is 2.22. The molecule has 0 spiro atoms. The third-order valence-corrected chi connectivity index (χ3v) is 4.85. The molecule has 0 radical (unpaired) electrons. The Morgan fingerprint density at radius 2 is 1.46 bits per heavy atom. The van der Waals surface area contributed by atoms with Gasteiger partial charge in [0, 0.05) is 56.6 Å². The van der Waals surface area contributed by atoms with Gasteiger partial charge in [-0.3, -0.25) is 14.5 Å². The summed E-state index contributed by atoms with van der Waals surface area (Å²) < 4.78 is 0. The minimum atomic E-state index is 0.0893. The maximum absolute atomic E-state index is 12.6. The van der Waals surface area contributed by atoms with Crippen LogP contribution >= 0.6 is 0 Å².